The first-order valence-corrected chi connectivity index (χ1v) is 7.11. The summed E-state index contributed by atoms with van der Waals surface area (Å²) in [4.78, 5) is 11.9. The largest absolute Gasteiger partial charge is 0.416 e. The van der Waals surface area contributed by atoms with E-state index < -0.39 is 11.7 Å². The Balaban J connectivity index is 1.85. The van der Waals surface area contributed by atoms with Crippen LogP contribution in [0, 0.1) is 0 Å². The second-order valence-electron chi connectivity index (χ2n) is 5.13. The summed E-state index contributed by atoms with van der Waals surface area (Å²) in [6.07, 6.45) is -4.36. The van der Waals surface area contributed by atoms with Crippen LogP contribution in [0.5, 0.6) is 0 Å². The Kier molecular flexibility index (Phi) is 5.26. The quantitative estimate of drug-likeness (QED) is 0.874. The Hall–Kier alpha value is -2.50. The highest BCUT2D eigenvalue weighted by Crippen LogP contribution is 2.29. The number of amides is 1. The number of carbonyl (C=O) groups excluding carboxylic acids is 1. The third kappa shape index (κ3) is 5.02. The molecule has 0 saturated carbocycles. The molecule has 2 N–H and O–H groups in total. The fourth-order valence-corrected chi connectivity index (χ4v) is 2.08. The number of anilines is 1. The summed E-state index contributed by atoms with van der Waals surface area (Å²) < 4.78 is 37.4. The van der Waals surface area contributed by atoms with E-state index in [4.69, 9.17) is 0 Å². The van der Waals surface area contributed by atoms with E-state index in [9.17, 15) is 18.0 Å². The van der Waals surface area contributed by atoms with Gasteiger partial charge in [-0.15, -0.1) is 0 Å². The summed E-state index contributed by atoms with van der Waals surface area (Å²) in [7, 11) is 0. The van der Waals surface area contributed by atoms with Gasteiger partial charge < -0.3 is 10.6 Å². The molecule has 0 fully saturated rings. The van der Waals surface area contributed by atoms with Gasteiger partial charge in [0, 0.05) is 5.69 Å². The predicted octanol–water partition coefficient (Wildman–Crippen LogP) is 3.99. The number of benzene rings is 2. The van der Waals surface area contributed by atoms with Crippen molar-refractivity contribution >= 4 is 11.6 Å². The van der Waals surface area contributed by atoms with Crippen molar-refractivity contribution in [2.45, 2.75) is 19.1 Å². The van der Waals surface area contributed by atoms with E-state index in [1.165, 1.54) is 12.1 Å². The maximum Gasteiger partial charge on any atom is 0.416 e. The van der Waals surface area contributed by atoms with Crippen molar-refractivity contribution in [3.63, 3.8) is 0 Å². The highest BCUT2D eigenvalue weighted by Gasteiger charge is 2.29. The van der Waals surface area contributed by atoms with Crippen molar-refractivity contribution in [1.82, 2.24) is 5.32 Å². The Morgan fingerprint density at radius 2 is 1.65 bits per heavy atom. The monoisotopic (exact) mass is 322 g/mol. The van der Waals surface area contributed by atoms with E-state index in [1.807, 2.05) is 37.3 Å². The van der Waals surface area contributed by atoms with Crippen molar-refractivity contribution in [2.75, 3.05) is 11.9 Å². The molecule has 6 heteroatoms. The zero-order valence-electron chi connectivity index (χ0n) is 12.5. The Morgan fingerprint density at radius 3 is 2.22 bits per heavy atom. The highest BCUT2D eigenvalue weighted by molar-refractivity contribution is 5.81. The Bertz CT molecular complexity index is 639. The van der Waals surface area contributed by atoms with E-state index in [1.54, 1.807) is 0 Å². The fraction of sp³-hybridized carbons (Fsp3) is 0.235. The summed E-state index contributed by atoms with van der Waals surface area (Å²) in [6.45, 7) is 1.86. The van der Waals surface area contributed by atoms with Crippen LogP contribution in [0.25, 0.3) is 0 Å². The normalized spacial score (nSPS) is 12.5. The van der Waals surface area contributed by atoms with Crippen LogP contribution < -0.4 is 10.6 Å². The van der Waals surface area contributed by atoms with Crippen molar-refractivity contribution in [2.24, 2.45) is 0 Å². The molecule has 1 atom stereocenters. The summed E-state index contributed by atoms with van der Waals surface area (Å²) in [5.74, 6) is -0.235. The van der Waals surface area contributed by atoms with Gasteiger partial charge in [0.05, 0.1) is 18.2 Å². The van der Waals surface area contributed by atoms with Crippen LogP contribution in [0.2, 0.25) is 0 Å². The number of alkyl halides is 3. The summed E-state index contributed by atoms with van der Waals surface area (Å²) in [5.41, 5.74) is 0.723. The molecule has 2 aromatic rings. The molecule has 0 unspecified atom stereocenters. The van der Waals surface area contributed by atoms with E-state index in [-0.39, 0.29) is 18.5 Å². The van der Waals surface area contributed by atoms with Gasteiger partial charge >= 0.3 is 6.18 Å². The third-order valence-electron chi connectivity index (χ3n) is 3.34. The van der Waals surface area contributed by atoms with Gasteiger partial charge in [0.15, 0.2) is 0 Å². The molecule has 0 saturated heterocycles. The lowest BCUT2D eigenvalue weighted by molar-refractivity contribution is -0.137. The minimum atomic E-state index is -4.36. The van der Waals surface area contributed by atoms with Crippen molar-refractivity contribution < 1.29 is 18.0 Å². The van der Waals surface area contributed by atoms with Crippen LogP contribution in [0.4, 0.5) is 18.9 Å². The van der Waals surface area contributed by atoms with Gasteiger partial charge in [0.2, 0.25) is 5.91 Å². The molecule has 0 aliphatic carbocycles. The minimum absolute atomic E-state index is 0.0114. The summed E-state index contributed by atoms with van der Waals surface area (Å²) in [6, 6.07) is 13.9. The molecule has 0 spiro atoms. The summed E-state index contributed by atoms with van der Waals surface area (Å²) in [5, 5.41) is 5.62. The topological polar surface area (TPSA) is 41.1 Å². The number of hydrogen-bond acceptors (Lipinski definition) is 2. The first-order valence-electron chi connectivity index (χ1n) is 7.11. The van der Waals surface area contributed by atoms with Gasteiger partial charge in [0.1, 0.15) is 0 Å². The van der Waals surface area contributed by atoms with Crippen molar-refractivity contribution in [3.05, 3.63) is 65.7 Å². The van der Waals surface area contributed by atoms with Crippen LogP contribution in [0.3, 0.4) is 0 Å². The lowest BCUT2D eigenvalue weighted by atomic mass is 10.1. The molecule has 2 rings (SSSR count). The van der Waals surface area contributed by atoms with Gasteiger partial charge in [-0.25, -0.2) is 0 Å². The summed E-state index contributed by atoms with van der Waals surface area (Å²) >= 11 is 0. The van der Waals surface area contributed by atoms with Gasteiger partial charge in [-0.3, -0.25) is 4.79 Å². The van der Waals surface area contributed by atoms with Gasteiger partial charge in [0.25, 0.3) is 0 Å². The molecule has 3 nitrogen and oxygen atoms in total. The van der Waals surface area contributed by atoms with E-state index >= 15 is 0 Å². The fourth-order valence-electron chi connectivity index (χ4n) is 2.08. The molecule has 0 aliphatic rings. The van der Waals surface area contributed by atoms with Crippen LogP contribution >= 0.6 is 0 Å². The van der Waals surface area contributed by atoms with Crippen LogP contribution in [-0.4, -0.2) is 12.5 Å². The molecule has 23 heavy (non-hydrogen) atoms. The smallest absolute Gasteiger partial charge is 0.376 e. The lowest BCUT2D eigenvalue weighted by Gasteiger charge is -2.15. The van der Waals surface area contributed by atoms with Crippen LogP contribution in [0.15, 0.2) is 54.6 Å². The molecular weight excluding hydrogens is 305 g/mol. The lowest BCUT2D eigenvalue weighted by Crippen LogP contribution is -2.32. The van der Waals surface area contributed by atoms with Crippen LogP contribution in [-0.2, 0) is 11.0 Å². The maximum absolute atomic E-state index is 12.5. The molecule has 2 aromatic carbocycles. The maximum atomic E-state index is 12.5. The molecule has 0 aromatic heterocycles. The van der Waals surface area contributed by atoms with Gasteiger partial charge in [-0.1, -0.05) is 30.3 Å². The Labute approximate surface area is 132 Å². The Morgan fingerprint density at radius 1 is 1.04 bits per heavy atom. The predicted molar refractivity (Wildman–Crippen MR) is 82.9 cm³/mol. The van der Waals surface area contributed by atoms with Crippen molar-refractivity contribution in [1.29, 1.82) is 0 Å². The minimum Gasteiger partial charge on any atom is -0.376 e. The zero-order chi connectivity index (χ0) is 16.9. The molecule has 0 bridgehead atoms. The number of nitrogens with one attached hydrogen (secondary N) is 2. The number of carbonyl (C=O) groups is 1. The molecule has 1 amide bonds. The highest BCUT2D eigenvalue weighted by atomic mass is 19.4. The molecule has 0 radical (unpaired) electrons. The van der Waals surface area contributed by atoms with E-state index in [0.717, 1.165) is 17.7 Å². The average Bonchev–Trinajstić information content (AvgIpc) is 2.53. The second kappa shape index (κ2) is 7.17. The first-order chi connectivity index (χ1) is 10.9. The standard InChI is InChI=1S/C17H17F3N2O/c1-12(13-5-3-2-4-6-13)22-16(23)11-21-15-9-7-14(8-10-15)17(18,19)20/h2-10,12,21H,11H2,1H3,(H,22,23)/t12-/m1/s1. The third-order valence-corrected chi connectivity index (χ3v) is 3.34. The SMILES string of the molecule is C[C@@H](NC(=O)CNc1ccc(C(F)(F)F)cc1)c1ccccc1. The van der Waals surface area contributed by atoms with E-state index in [2.05, 4.69) is 10.6 Å². The van der Waals surface area contributed by atoms with E-state index in [0.29, 0.717) is 5.69 Å². The second-order valence-corrected chi connectivity index (χ2v) is 5.13. The number of rotatable bonds is 5. The molecule has 122 valence electrons. The van der Waals surface area contributed by atoms with Gasteiger partial charge in [-0.05, 0) is 36.8 Å². The zero-order valence-corrected chi connectivity index (χ0v) is 12.5. The number of halogens is 3. The first kappa shape index (κ1) is 16.9. The molecule has 0 heterocycles. The van der Waals surface area contributed by atoms with Crippen LogP contribution in [0.1, 0.15) is 24.1 Å². The molecular formula is C17H17F3N2O. The van der Waals surface area contributed by atoms with Crippen molar-refractivity contribution in [3.8, 4) is 0 Å². The van der Waals surface area contributed by atoms with Gasteiger partial charge in [-0.2, -0.15) is 13.2 Å². The molecule has 0 aliphatic heterocycles. The average molecular weight is 322 g/mol. The number of hydrogen-bond donors (Lipinski definition) is 2.